The summed E-state index contributed by atoms with van der Waals surface area (Å²) in [5.41, 5.74) is 0. The van der Waals surface area contributed by atoms with E-state index in [1.165, 1.54) is 103 Å². The molecule has 6 heteroatoms. The van der Waals surface area contributed by atoms with Crippen LogP contribution in [0.15, 0.2) is 72.9 Å². The number of allylic oxidation sites excluding steroid dienone is 12. The Morgan fingerprint density at radius 2 is 0.690 bits per heavy atom. The number of rotatable bonds is 42. The minimum Gasteiger partial charge on any atom is -0.462 e. The van der Waals surface area contributed by atoms with Gasteiger partial charge in [-0.2, -0.15) is 0 Å². The summed E-state index contributed by atoms with van der Waals surface area (Å²) in [5.74, 6) is -0.945. The third-order valence-corrected chi connectivity index (χ3v) is 10.1. The molecule has 1 unspecified atom stereocenters. The smallest absolute Gasteiger partial charge is 0.306 e. The monoisotopic (exact) mass is 809 g/mol. The molecule has 1 atom stereocenters. The second-order valence-corrected chi connectivity index (χ2v) is 15.8. The number of esters is 3. The fourth-order valence-corrected chi connectivity index (χ4v) is 6.46. The molecule has 0 N–H and O–H groups in total. The standard InChI is InChI=1S/C52H88O6/c1-4-7-10-13-16-19-22-25-26-28-30-33-36-39-42-45-51(54)57-48-49(47-56-50(53)44-41-38-35-32-29-24-21-18-15-12-9-6-3)58-52(55)46-43-40-37-34-31-27-23-20-17-14-11-8-5-2/h7,10,13,16,18-19,21-22,25-26,28,30,49H,4-6,8-9,11-12,14-15,17,20,23-24,27,29,31-48H2,1-3H3/b10-7-,16-13-,21-18-,22-19-,26-25-,30-28-. The van der Waals surface area contributed by atoms with Crippen molar-refractivity contribution in [3.8, 4) is 0 Å². The molecule has 0 amide bonds. The van der Waals surface area contributed by atoms with E-state index in [2.05, 4.69) is 45.1 Å². The van der Waals surface area contributed by atoms with Gasteiger partial charge in [0.05, 0.1) is 0 Å². The van der Waals surface area contributed by atoms with E-state index in [-0.39, 0.29) is 31.1 Å². The molecule has 0 spiro atoms. The quantitative estimate of drug-likeness (QED) is 0.0201. The average Bonchev–Trinajstić information content (AvgIpc) is 3.22. The van der Waals surface area contributed by atoms with Gasteiger partial charge in [-0.15, -0.1) is 0 Å². The highest BCUT2D eigenvalue weighted by Gasteiger charge is 2.19. The Hall–Kier alpha value is -3.15. The van der Waals surface area contributed by atoms with E-state index in [4.69, 9.17) is 14.2 Å². The molecule has 0 fully saturated rings. The van der Waals surface area contributed by atoms with E-state index >= 15 is 0 Å². The maximum absolute atomic E-state index is 12.7. The molecule has 0 aliphatic heterocycles. The second-order valence-electron chi connectivity index (χ2n) is 15.8. The third kappa shape index (κ3) is 44.0. The van der Waals surface area contributed by atoms with E-state index in [1.807, 2.05) is 48.6 Å². The predicted octanol–water partition coefficient (Wildman–Crippen LogP) is 15.5. The van der Waals surface area contributed by atoms with Crippen LogP contribution in [-0.4, -0.2) is 37.2 Å². The molecule has 0 rings (SSSR count). The number of unbranched alkanes of at least 4 members (excludes halogenated alkanes) is 23. The van der Waals surface area contributed by atoms with Crippen LogP contribution in [0.4, 0.5) is 0 Å². The van der Waals surface area contributed by atoms with Crippen molar-refractivity contribution in [2.75, 3.05) is 13.2 Å². The Balaban J connectivity index is 4.47. The maximum Gasteiger partial charge on any atom is 0.306 e. The first-order chi connectivity index (χ1) is 28.5. The van der Waals surface area contributed by atoms with E-state index in [1.54, 1.807) is 0 Å². The van der Waals surface area contributed by atoms with Gasteiger partial charge in [-0.25, -0.2) is 0 Å². The van der Waals surface area contributed by atoms with Crippen molar-refractivity contribution in [3.63, 3.8) is 0 Å². The lowest BCUT2D eigenvalue weighted by Gasteiger charge is -2.18. The van der Waals surface area contributed by atoms with Crippen LogP contribution in [0.25, 0.3) is 0 Å². The fraction of sp³-hybridized carbons (Fsp3) is 0.712. The molecule has 0 aromatic carbocycles. The lowest BCUT2D eigenvalue weighted by Crippen LogP contribution is -2.30. The predicted molar refractivity (Wildman–Crippen MR) is 247 cm³/mol. The van der Waals surface area contributed by atoms with Crippen LogP contribution >= 0.6 is 0 Å². The van der Waals surface area contributed by atoms with Crippen LogP contribution in [0.5, 0.6) is 0 Å². The van der Waals surface area contributed by atoms with Crippen molar-refractivity contribution in [2.24, 2.45) is 0 Å². The molecule has 332 valence electrons. The Morgan fingerprint density at radius 3 is 1.16 bits per heavy atom. The third-order valence-electron chi connectivity index (χ3n) is 10.1. The van der Waals surface area contributed by atoms with Crippen molar-refractivity contribution in [3.05, 3.63) is 72.9 Å². The minimum atomic E-state index is -0.792. The summed E-state index contributed by atoms with van der Waals surface area (Å²) >= 11 is 0. The molecule has 0 saturated heterocycles. The molecule has 0 aliphatic rings. The van der Waals surface area contributed by atoms with E-state index in [0.29, 0.717) is 19.3 Å². The first-order valence-corrected chi connectivity index (χ1v) is 24.0. The average molecular weight is 809 g/mol. The van der Waals surface area contributed by atoms with Gasteiger partial charge in [0.2, 0.25) is 0 Å². The molecule has 0 aromatic rings. The molecule has 0 saturated carbocycles. The van der Waals surface area contributed by atoms with Gasteiger partial charge < -0.3 is 14.2 Å². The van der Waals surface area contributed by atoms with Gasteiger partial charge in [-0.05, 0) is 64.2 Å². The van der Waals surface area contributed by atoms with Crippen molar-refractivity contribution in [1.82, 2.24) is 0 Å². The van der Waals surface area contributed by atoms with E-state index in [0.717, 1.165) is 77.0 Å². The van der Waals surface area contributed by atoms with Gasteiger partial charge in [-0.1, -0.05) is 209 Å². The summed E-state index contributed by atoms with van der Waals surface area (Å²) in [7, 11) is 0. The number of ether oxygens (including phenoxy) is 3. The van der Waals surface area contributed by atoms with E-state index < -0.39 is 6.10 Å². The highest BCUT2D eigenvalue weighted by molar-refractivity contribution is 5.71. The lowest BCUT2D eigenvalue weighted by atomic mass is 10.0. The van der Waals surface area contributed by atoms with Gasteiger partial charge in [0, 0.05) is 19.3 Å². The molecule has 58 heavy (non-hydrogen) atoms. The summed E-state index contributed by atoms with van der Waals surface area (Å²) in [6.45, 7) is 6.42. The number of hydrogen-bond acceptors (Lipinski definition) is 6. The van der Waals surface area contributed by atoms with Crippen LogP contribution in [0.2, 0.25) is 0 Å². The topological polar surface area (TPSA) is 78.9 Å². The minimum absolute atomic E-state index is 0.0926. The normalized spacial score (nSPS) is 12.7. The summed E-state index contributed by atoms with van der Waals surface area (Å²) in [6, 6.07) is 0. The summed E-state index contributed by atoms with van der Waals surface area (Å²) in [4.78, 5) is 37.8. The zero-order chi connectivity index (χ0) is 42.3. The van der Waals surface area contributed by atoms with Gasteiger partial charge >= 0.3 is 17.9 Å². The summed E-state index contributed by atoms with van der Waals surface area (Å²) in [6.07, 6.45) is 57.3. The number of carbonyl (C=O) groups is 3. The Bertz CT molecular complexity index is 1110. The van der Waals surface area contributed by atoms with Crippen molar-refractivity contribution in [2.45, 2.75) is 226 Å². The first-order valence-electron chi connectivity index (χ1n) is 24.0. The Labute approximate surface area is 357 Å². The second kappa shape index (κ2) is 46.5. The van der Waals surface area contributed by atoms with E-state index in [9.17, 15) is 14.4 Å². The summed E-state index contributed by atoms with van der Waals surface area (Å²) in [5, 5.41) is 0. The molecule has 0 aromatic heterocycles. The van der Waals surface area contributed by atoms with Gasteiger partial charge in [0.1, 0.15) is 13.2 Å². The fourth-order valence-electron chi connectivity index (χ4n) is 6.46. The van der Waals surface area contributed by atoms with Gasteiger partial charge in [0.25, 0.3) is 0 Å². The summed E-state index contributed by atoms with van der Waals surface area (Å²) < 4.78 is 16.7. The number of hydrogen-bond donors (Lipinski definition) is 0. The first kappa shape index (κ1) is 54.9. The lowest BCUT2D eigenvalue weighted by molar-refractivity contribution is -0.167. The van der Waals surface area contributed by atoms with Crippen LogP contribution in [-0.2, 0) is 28.6 Å². The Kier molecular flexibility index (Phi) is 44.0. The number of carbonyl (C=O) groups excluding carboxylic acids is 3. The van der Waals surface area contributed by atoms with Crippen molar-refractivity contribution >= 4 is 17.9 Å². The van der Waals surface area contributed by atoms with Crippen LogP contribution in [0.1, 0.15) is 220 Å². The molecular weight excluding hydrogens is 721 g/mol. The molecule has 0 radical (unpaired) electrons. The largest absolute Gasteiger partial charge is 0.462 e. The molecule has 0 heterocycles. The molecule has 6 nitrogen and oxygen atoms in total. The van der Waals surface area contributed by atoms with Crippen molar-refractivity contribution < 1.29 is 28.6 Å². The highest BCUT2D eigenvalue weighted by atomic mass is 16.6. The zero-order valence-electron chi connectivity index (χ0n) is 37.8. The zero-order valence-corrected chi connectivity index (χ0v) is 37.8. The van der Waals surface area contributed by atoms with Crippen LogP contribution < -0.4 is 0 Å². The maximum atomic E-state index is 12.7. The van der Waals surface area contributed by atoms with Gasteiger partial charge in [0.15, 0.2) is 6.10 Å². The van der Waals surface area contributed by atoms with Crippen molar-refractivity contribution in [1.29, 1.82) is 0 Å². The highest BCUT2D eigenvalue weighted by Crippen LogP contribution is 2.14. The SMILES string of the molecule is CC\C=C/C=C\C=C/C=C\C=C/CCCCCC(=O)OCC(COC(=O)CCCCCCC/C=C\CCCCC)OC(=O)CCCCCCCCCCCCCCC. The molecular formula is C52H88O6. The van der Waals surface area contributed by atoms with Crippen LogP contribution in [0, 0.1) is 0 Å². The molecule has 0 bridgehead atoms. The van der Waals surface area contributed by atoms with Crippen LogP contribution in [0.3, 0.4) is 0 Å². The van der Waals surface area contributed by atoms with Gasteiger partial charge in [-0.3, -0.25) is 14.4 Å². The Morgan fingerprint density at radius 1 is 0.362 bits per heavy atom. The molecule has 0 aliphatic carbocycles.